The first kappa shape index (κ1) is 12.2. The summed E-state index contributed by atoms with van der Waals surface area (Å²) < 4.78 is 5.17. The molecule has 0 radical (unpaired) electrons. The van der Waals surface area contributed by atoms with Gasteiger partial charge in [0.05, 0.1) is 18.6 Å². The van der Waals surface area contributed by atoms with E-state index in [4.69, 9.17) is 9.84 Å². The fourth-order valence-corrected chi connectivity index (χ4v) is 2.37. The zero-order chi connectivity index (χ0) is 12.4. The molecule has 2 heterocycles. The van der Waals surface area contributed by atoms with Crippen molar-refractivity contribution in [1.29, 1.82) is 0 Å². The predicted molar refractivity (Wildman–Crippen MR) is 59.6 cm³/mol. The van der Waals surface area contributed by atoms with E-state index in [1.165, 1.54) is 0 Å². The Hall–Kier alpha value is -1.30. The van der Waals surface area contributed by atoms with Gasteiger partial charge in [-0.25, -0.2) is 4.79 Å². The van der Waals surface area contributed by atoms with Gasteiger partial charge in [-0.3, -0.25) is 4.79 Å². The van der Waals surface area contributed by atoms with Crippen LogP contribution < -0.4 is 5.32 Å². The summed E-state index contributed by atoms with van der Waals surface area (Å²) in [5.41, 5.74) is 0. The van der Waals surface area contributed by atoms with Crippen molar-refractivity contribution < 1.29 is 19.4 Å². The normalized spacial score (nSPS) is 32.8. The molecule has 2 aliphatic rings. The second-order valence-corrected chi connectivity index (χ2v) is 4.84. The molecule has 96 valence electrons. The second-order valence-electron chi connectivity index (χ2n) is 4.84. The van der Waals surface area contributed by atoms with E-state index in [9.17, 15) is 9.59 Å². The molecule has 0 aromatic rings. The molecule has 2 aliphatic heterocycles. The van der Waals surface area contributed by atoms with Gasteiger partial charge in [0.15, 0.2) is 0 Å². The highest BCUT2D eigenvalue weighted by atomic mass is 16.5. The highest BCUT2D eigenvalue weighted by Crippen LogP contribution is 2.23. The van der Waals surface area contributed by atoms with E-state index < -0.39 is 11.9 Å². The second kappa shape index (κ2) is 4.91. The number of amides is 2. The minimum absolute atomic E-state index is 0.0121. The maximum Gasteiger partial charge on any atom is 0.317 e. The maximum absolute atomic E-state index is 11.9. The molecule has 17 heavy (non-hydrogen) atoms. The van der Waals surface area contributed by atoms with Gasteiger partial charge in [-0.2, -0.15) is 0 Å². The minimum Gasteiger partial charge on any atom is -0.481 e. The van der Waals surface area contributed by atoms with Crippen molar-refractivity contribution in [3.05, 3.63) is 0 Å². The Labute approximate surface area is 99.9 Å². The predicted octanol–water partition coefficient (Wildman–Crippen LogP) is 0.137. The van der Waals surface area contributed by atoms with E-state index in [1.54, 1.807) is 4.90 Å². The van der Waals surface area contributed by atoms with E-state index >= 15 is 0 Å². The number of likely N-dealkylation sites (tertiary alicyclic amines) is 1. The molecule has 2 saturated heterocycles. The number of aliphatic carboxylic acids is 1. The molecule has 0 spiro atoms. The van der Waals surface area contributed by atoms with Crippen molar-refractivity contribution in [2.75, 3.05) is 26.3 Å². The van der Waals surface area contributed by atoms with Gasteiger partial charge in [-0.1, -0.05) is 6.92 Å². The van der Waals surface area contributed by atoms with Crippen molar-refractivity contribution in [1.82, 2.24) is 10.2 Å². The summed E-state index contributed by atoms with van der Waals surface area (Å²) in [6.07, 6.45) is 0.831. The quantitative estimate of drug-likeness (QED) is 0.721. The first-order chi connectivity index (χ1) is 8.08. The molecule has 3 unspecified atom stereocenters. The summed E-state index contributed by atoms with van der Waals surface area (Å²) in [5.74, 6) is -1.25. The number of carboxylic acid groups (broad SMARTS) is 1. The Bertz CT molecular complexity index is 315. The van der Waals surface area contributed by atoms with Crippen LogP contribution in [0.25, 0.3) is 0 Å². The first-order valence-corrected chi connectivity index (χ1v) is 5.94. The van der Waals surface area contributed by atoms with Crippen molar-refractivity contribution in [3.63, 3.8) is 0 Å². The van der Waals surface area contributed by atoms with Crippen molar-refractivity contribution in [2.24, 2.45) is 11.8 Å². The van der Waals surface area contributed by atoms with Gasteiger partial charge >= 0.3 is 12.0 Å². The minimum atomic E-state index is -0.822. The van der Waals surface area contributed by atoms with Gasteiger partial charge in [0.1, 0.15) is 0 Å². The molecule has 3 atom stereocenters. The molecule has 2 rings (SSSR count). The number of ether oxygens (including phenoxy) is 1. The smallest absolute Gasteiger partial charge is 0.317 e. The number of hydrogen-bond acceptors (Lipinski definition) is 3. The number of carboxylic acids is 1. The van der Waals surface area contributed by atoms with E-state index in [0.717, 1.165) is 6.42 Å². The number of carbonyl (C=O) groups excluding carboxylic acids is 1. The van der Waals surface area contributed by atoms with Crippen LogP contribution in [-0.2, 0) is 9.53 Å². The first-order valence-electron chi connectivity index (χ1n) is 5.94. The van der Waals surface area contributed by atoms with Gasteiger partial charge in [-0.05, 0) is 12.3 Å². The third-order valence-corrected chi connectivity index (χ3v) is 3.47. The van der Waals surface area contributed by atoms with Gasteiger partial charge in [0.25, 0.3) is 0 Å². The number of hydrogen-bond donors (Lipinski definition) is 2. The van der Waals surface area contributed by atoms with E-state index in [2.05, 4.69) is 5.32 Å². The van der Waals surface area contributed by atoms with Gasteiger partial charge in [0.2, 0.25) is 0 Å². The lowest BCUT2D eigenvalue weighted by Crippen LogP contribution is -2.44. The molecule has 6 nitrogen and oxygen atoms in total. The molecule has 2 amide bonds. The zero-order valence-corrected chi connectivity index (χ0v) is 9.89. The molecule has 2 fully saturated rings. The Kier molecular flexibility index (Phi) is 3.51. The Morgan fingerprint density at radius 1 is 1.41 bits per heavy atom. The molecule has 0 aromatic carbocycles. The van der Waals surface area contributed by atoms with Crippen molar-refractivity contribution >= 4 is 12.0 Å². The van der Waals surface area contributed by atoms with Gasteiger partial charge < -0.3 is 20.1 Å². The molecule has 0 aliphatic carbocycles. The molecule has 0 aromatic heterocycles. The monoisotopic (exact) mass is 242 g/mol. The van der Waals surface area contributed by atoms with Crippen LogP contribution in [-0.4, -0.2) is 54.4 Å². The number of urea groups is 1. The van der Waals surface area contributed by atoms with Crippen LogP contribution in [0, 0.1) is 11.8 Å². The lowest BCUT2D eigenvalue weighted by molar-refractivity contribution is -0.142. The van der Waals surface area contributed by atoms with E-state index in [-0.39, 0.29) is 18.0 Å². The van der Waals surface area contributed by atoms with Gasteiger partial charge in [-0.15, -0.1) is 0 Å². The number of rotatable bonds is 2. The van der Waals surface area contributed by atoms with Crippen LogP contribution in [0.1, 0.15) is 13.3 Å². The standard InChI is InChI=1S/C11H18N2O4/c1-7-4-13(5-9(7)10(14)15)11(16)12-8-2-3-17-6-8/h7-9H,2-6H2,1H3,(H,12,16)(H,14,15). The summed E-state index contributed by atoms with van der Waals surface area (Å²) in [6.45, 7) is 3.91. The summed E-state index contributed by atoms with van der Waals surface area (Å²) in [7, 11) is 0. The van der Waals surface area contributed by atoms with Crippen LogP contribution in [0.2, 0.25) is 0 Å². The summed E-state index contributed by atoms with van der Waals surface area (Å²) in [6, 6.07) is -0.0993. The Morgan fingerprint density at radius 3 is 2.71 bits per heavy atom. The lowest BCUT2D eigenvalue weighted by atomic mass is 9.99. The molecule has 2 N–H and O–H groups in total. The maximum atomic E-state index is 11.9. The molecular formula is C11H18N2O4. The van der Waals surface area contributed by atoms with Crippen molar-refractivity contribution in [3.8, 4) is 0 Å². The molecule has 6 heteroatoms. The summed E-state index contributed by atoms with van der Waals surface area (Å²) in [4.78, 5) is 24.4. The number of nitrogens with one attached hydrogen (secondary N) is 1. The van der Waals surface area contributed by atoms with Crippen LogP contribution in [0.3, 0.4) is 0 Å². The highest BCUT2D eigenvalue weighted by molar-refractivity contribution is 5.77. The van der Waals surface area contributed by atoms with Crippen LogP contribution >= 0.6 is 0 Å². The van der Waals surface area contributed by atoms with Crippen molar-refractivity contribution in [2.45, 2.75) is 19.4 Å². The molecule has 0 bridgehead atoms. The molecular weight excluding hydrogens is 224 g/mol. The number of nitrogens with zero attached hydrogens (tertiary/aromatic N) is 1. The van der Waals surface area contributed by atoms with E-state index in [1.807, 2.05) is 6.92 Å². The molecule has 0 saturated carbocycles. The summed E-state index contributed by atoms with van der Waals surface area (Å²) >= 11 is 0. The SMILES string of the molecule is CC1CN(C(=O)NC2CCOC2)CC1C(=O)O. The Morgan fingerprint density at radius 2 is 2.18 bits per heavy atom. The Balaban J connectivity index is 1.86. The fraction of sp³-hybridized carbons (Fsp3) is 0.818. The van der Waals surface area contributed by atoms with E-state index in [0.29, 0.717) is 26.3 Å². The topological polar surface area (TPSA) is 78.9 Å². The fourth-order valence-electron chi connectivity index (χ4n) is 2.37. The zero-order valence-electron chi connectivity index (χ0n) is 9.89. The largest absolute Gasteiger partial charge is 0.481 e. The third kappa shape index (κ3) is 2.69. The van der Waals surface area contributed by atoms with Crippen LogP contribution in [0.4, 0.5) is 4.79 Å². The lowest BCUT2D eigenvalue weighted by Gasteiger charge is -2.19. The van der Waals surface area contributed by atoms with Crippen LogP contribution in [0.15, 0.2) is 0 Å². The average molecular weight is 242 g/mol. The average Bonchev–Trinajstić information content (AvgIpc) is 2.86. The van der Waals surface area contributed by atoms with Gasteiger partial charge in [0, 0.05) is 19.7 Å². The van der Waals surface area contributed by atoms with Crippen LogP contribution in [0.5, 0.6) is 0 Å². The highest BCUT2D eigenvalue weighted by Gasteiger charge is 2.37. The number of carbonyl (C=O) groups is 2. The third-order valence-electron chi connectivity index (χ3n) is 3.47. The summed E-state index contributed by atoms with van der Waals surface area (Å²) in [5, 5.41) is 11.9.